The molecular weight excluding hydrogens is 258 g/mol. The first-order valence-electron chi connectivity index (χ1n) is 6.24. The summed E-state index contributed by atoms with van der Waals surface area (Å²) in [4.78, 5) is 31.2. The number of amides is 2. The van der Waals surface area contributed by atoms with Gasteiger partial charge in [-0.1, -0.05) is 0 Å². The largest absolute Gasteiger partial charge is 0.355 e. The molecule has 7 nitrogen and oxygen atoms in total. The second-order valence-electron chi connectivity index (χ2n) is 4.57. The van der Waals surface area contributed by atoms with Gasteiger partial charge in [-0.15, -0.1) is 0 Å². The molecular formula is C13H13N5O2. The van der Waals surface area contributed by atoms with Gasteiger partial charge in [0, 0.05) is 25.4 Å². The molecule has 0 aromatic carbocycles. The maximum absolute atomic E-state index is 11.9. The topological polar surface area (TPSA) is 88.9 Å². The van der Waals surface area contributed by atoms with E-state index in [-0.39, 0.29) is 24.2 Å². The van der Waals surface area contributed by atoms with Crippen molar-refractivity contribution in [3.05, 3.63) is 37.1 Å². The molecule has 0 aliphatic carbocycles. The van der Waals surface area contributed by atoms with E-state index in [1.54, 1.807) is 41.6 Å². The van der Waals surface area contributed by atoms with Crippen molar-refractivity contribution in [1.29, 1.82) is 0 Å². The van der Waals surface area contributed by atoms with Crippen LogP contribution < -0.4 is 10.6 Å². The number of rotatable bonds is 3. The van der Waals surface area contributed by atoms with Crippen LogP contribution in [0.4, 0.5) is 5.69 Å². The quantitative estimate of drug-likeness (QED) is 0.842. The molecule has 3 rings (SSSR count). The second-order valence-corrected chi connectivity index (χ2v) is 4.57. The molecule has 20 heavy (non-hydrogen) atoms. The molecule has 0 saturated carbocycles. The average Bonchev–Trinajstić information content (AvgIpc) is 3.10. The van der Waals surface area contributed by atoms with E-state index in [1.165, 1.54) is 0 Å². The van der Waals surface area contributed by atoms with Crippen LogP contribution in [0.2, 0.25) is 0 Å². The zero-order valence-corrected chi connectivity index (χ0v) is 10.6. The lowest BCUT2D eigenvalue weighted by atomic mass is 10.1. The highest BCUT2D eigenvalue weighted by Gasteiger charge is 2.27. The Hall–Kier alpha value is -2.70. The molecule has 1 saturated heterocycles. The lowest BCUT2D eigenvalue weighted by molar-refractivity contribution is -0.123. The lowest BCUT2D eigenvalue weighted by Gasteiger charge is -2.09. The van der Waals surface area contributed by atoms with Gasteiger partial charge < -0.3 is 10.6 Å². The molecule has 2 N–H and O–H groups in total. The molecule has 0 radical (unpaired) electrons. The number of nitrogens with one attached hydrogen (secondary N) is 2. The van der Waals surface area contributed by atoms with Gasteiger partial charge in [0.05, 0.1) is 17.8 Å². The number of imidazole rings is 1. The van der Waals surface area contributed by atoms with Crippen LogP contribution in [0.3, 0.4) is 0 Å². The third-order valence-electron chi connectivity index (χ3n) is 3.13. The van der Waals surface area contributed by atoms with Crippen molar-refractivity contribution in [2.75, 3.05) is 11.9 Å². The summed E-state index contributed by atoms with van der Waals surface area (Å²) in [6.07, 6.45) is 6.93. The van der Waals surface area contributed by atoms with E-state index in [4.69, 9.17) is 0 Å². The average molecular weight is 271 g/mol. The summed E-state index contributed by atoms with van der Waals surface area (Å²) in [5, 5.41) is 5.40. The molecule has 2 amide bonds. The molecule has 2 aromatic heterocycles. The third kappa shape index (κ3) is 2.51. The fraction of sp³-hybridized carbons (Fsp3) is 0.231. The highest BCUT2D eigenvalue weighted by atomic mass is 16.2. The summed E-state index contributed by atoms with van der Waals surface area (Å²) >= 11 is 0. The van der Waals surface area contributed by atoms with Gasteiger partial charge in [0.15, 0.2) is 0 Å². The number of pyridine rings is 1. The van der Waals surface area contributed by atoms with E-state index in [0.29, 0.717) is 12.2 Å². The minimum Gasteiger partial charge on any atom is -0.355 e. The summed E-state index contributed by atoms with van der Waals surface area (Å²) in [5.41, 5.74) is 0.609. The van der Waals surface area contributed by atoms with Crippen molar-refractivity contribution >= 4 is 17.5 Å². The Balaban J connectivity index is 1.66. The number of nitrogens with zero attached hydrogens (tertiary/aromatic N) is 3. The Morgan fingerprint density at radius 2 is 2.35 bits per heavy atom. The van der Waals surface area contributed by atoms with E-state index in [2.05, 4.69) is 20.6 Å². The molecule has 102 valence electrons. The summed E-state index contributed by atoms with van der Waals surface area (Å²) in [7, 11) is 0. The van der Waals surface area contributed by atoms with E-state index >= 15 is 0 Å². The van der Waals surface area contributed by atoms with Crippen LogP contribution in [-0.2, 0) is 9.59 Å². The van der Waals surface area contributed by atoms with Crippen molar-refractivity contribution in [1.82, 2.24) is 19.9 Å². The number of hydrogen-bond acceptors (Lipinski definition) is 4. The monoisotopic (exact) mass is 271 g/mol. The highest BCUT2D eigenvalue weighted by Crippen LogP contribution is 2.14. The summed E-state index contributed by atoms with van der Waals surface area (Å²) < 4.78 is 1.77. The van der Waals surface area contributed by atoms with Crippen LogP contribution in [0.5, 0.6) is 0 Å². The molecule has 1 aliphatic rings. The van der Waals surface area contributed by atoms with Crippen molar-refractivity contribution in [2.24, 2.45) is 5.92 Å². The number of carbonyl (C=O) groups is 2. The lowest BCUT2D eigenvalue weighted by Crippen LogP contribution is -2.24. The predicted molar refractivity (Wildman–Crippen MR) is 71.1 cm³/mol. The number of aromatic nitrogens is 3. The first-order valence-corrected chi connectivity index (χ1v) is 6.24. The molecule has 0 spiro atoms. The van der Waals surface area contributed by atoms with Gasteiger partial charge in [0.25, 0.3) is 0 Å². The Morgan fingerprint density at radius 1 is 1.45 bits per heavy atom. The van der Waals surface area contributed by atoms with Crippen molar-refractivity contribution < 1.29 is 9.59 Å². The number of hydrogen-bond donors (Lipinski definition) is 2. The fourth-order valence-electron chi connectivity index (χ4n) is 2.04. The van der Waals surface area contributed by atoms with Gasteiger partial charge in [0.2, 0.25) is 11.8 Å². The van der Waals surface area contributed by atoms with Crippen LogP contribution in [0, 0.1) is 5.92 Å². The normalized spacial score (nSPS) is 17.8. The third-order valence-corrected chi connectivity index (χ3v) is 3.13. The maximum atomic E-state index is 11.9. The molecule has 1 atom stereocenters. The first-order chi connectivity index (χ1) is 9.72. The van der Waals surface area contributed by atoms with Gasteiger partial charge in [-0.2, -0.15) is 0 Å². The summed E-state index contributed by atoms with van der Waals surface area (Å²) in [6, 6.07) is 3.56. The van der Waals surface area contributed by atoms with Gasteiger partial charge in [0.1, 0.15) is 12.1 Å². The minimum absolute atomic E-state index is 0.0845. The Bertz CT molecular complexity index is 621. The summed E-state index contributed by atoms with van der Waals surface area (Å²) in [6.45, 7) is 0.394. The molecule has 7 heteroatoms. The van der Waals surface area contributed by atoms with E-state index in [0.717, 1.165) is 5.82 Å². The van der Waals surface area contributed by atoms with Crippen LogP contribution in [0.1, 0.15) is 6.42 Å². The first kappa shape index (κ1) is 12.3. The van der Waals surface area contributed by atoms with Crippen molar-refractivity contribution in [3.63, 3.8) is 0 Å². The molecule has 2 aromatic rings. The second kappa shape index (κ2) is 5.12. The maximum Gasteiger partial charge on any atom is 0.229 e. The smallest absolute Gasteiger partial charge is 0.229 e. The van der Waals surface area contributed by atoms with Gasteiger partial charge in [-0.25, -0.2) is 9.97 Å². The SMILES string of the molecule is O=C1CC(C(=O)Nc2ccc(-n3ccnc3)nc2)CN1. The zero-order valence-electron chi connectivity index (χ0n) is 10.6. The Morgan fingerprint density at radius 3 is 2.95 bits per heavy atom. The van der Waals surface area contributed by atoms with Crippen LogP contribution >= 0.6 is 0 Å². The van der Waals surface area contributed by atoms with Crippen molar-refractivity contribution in [2.45, 2.75) is 6.42 Å². The molecule has 1 unspecified atom stereocenters. The van der Waals surface area contributed by atoms with Gasteiger partial charge in [-0.3, -0.25) is 14.2 Å². The Labute approximate surface area is 115 Å². The van der Waals surface area contributed by atoms with Crippen LogP contribution in [0.25, 0.3) is 5.82 Å². The Kier molecular flexibility index (Phi) is 3.16. The van der Waals surface area contributed by atoms with Crippen molar-refractivity contribution in [3.8, 4) is 5.82 Å². The van der Waals surface area contributed by atoms with E-state index in [9.17, 15) is 9.59 Å². The molecule has 1 aliphatic heterocycles. The van der Waals surface area contributed by atoms with Gasteiger partial charge >= 0.3 is 0 Å². The molecule has 1 fully saturated rings. The van der Waals surface area contributed by atoms with Crippen LogP contribution in [-0.4, -0.2) is 32.9 Å². The summed E-state index contributed by atoms with van der Waals surface area (Å²) in [5.74, 6) is 0.160. The molecule has 0 bridgehead atoms. The number of anilines is 1. The van der Waals surface area contributed by atoms with Crippen LogP contribution in [0.15, 0.2) is 37.1 Å². The van der Waals surface area contributed by atoms with Gasteiger partial charge in [-0.05, 0) is 12.1 Å². The fourth-order valence-corrected chi connectivity index (χ4v) is 2.04. The molecule has 3 heterocycles. The standard InChI is InChI=1S/C13H13N5O2/c19-12-5-9(6-16-12)13(20)17-10-1-2-11(15-7-10)18-4-3-14-8-18/h1-4,7-9H,5-6H2,(H,16,19)(H,17,20). The van der Waals surface area contributed by atoms with E-state index < -0.39 is 0 Å². The predicted octanol–water partition coefficient (Wildman–Crippen LogP) is 0.342. The highest BCUT2D eigenvalue weighted by molar-refractivity contribution is 5.97. The number of carbonyl (C=O) groups excluding carboxylic acids is 2. The zero-order chi connectivity index (χ0) is 13.9. The minimum atomic E-state index is -0.309. The van der Waals surface area contributed by atoms with E-state index in [1.807, 2.05) is 0 Å².